The van der Waals surface area contributed by atoms with Crippen LogP contribution in [0.15, 0.2) is 41.8 Å². The number of carbonyl (C=O) groups is 2. The average molecular weight is 332 g/mol. The highest BCUT2D eigenvalue weighted by Gasteiger charge is 2.23. The van der Waals surface area contributed by atoms with Gasteiger partial charge >= 0.3 is 0 Å². The fraction of sp³-hybridized carbons (Fsp3) is 0.294. The van der Waals surface area contributed by atoms with Gasteiger partial charge in [0.1, 0.15) is 5.82 Å². The maximum Gasteiger partial charge on any atom is 0.263 e. The van der Waals surface area contributed by atoms with Crippen molar-refractivity contribution < 1.29 is 14.0 Å². The predicted molar refractivity (Wildman–Crippen MR) is 87.1 cm³/mol. The van der Waals surface area contributed by atoms with E-state index in [9.17, 15) is 14.0 Å². The number of thiophene rings is 1. The zero-order valence-electron chi connectivity index (χ0n) is 12.6. The van der Waals surface area contributed by atoms with Crippen LogP contribution in [-0.2, 0) is 0 Å². The largest absolute Gasteiger partial charge is 0.337 e. The normalized spacial score (nSPS) is 15.3. The number of amides is 2. The first-order chi connectivity index (χ1) is 11.1. The number of nitrogens with zero attached hydrogens (tertiary/aromatic N) is 2. The number of carbonyl (C=O) groups excluding carboxylic acids is 2. The molecule has 120 valence electrons. The number of halogens is 1. The summed E-state index contributed by atoms with van der Waals surface area (Å²) in [7, 11) is 0. The molecule has 0 unspecified atom stereocenters. The molecule has 23 heavy (non-hydrogen) atoms. The lowest BCUT2D eigenvalue weighted by Crippen LogP contribution is -2.37. The predicted octanol–water partition coefficient (Wildman–Crippen LogP) is 2.88. The summed E-state index contributed by atoms with van der Waals surface area (Å²) >= 11 is 1.43. The summed E-state index contributed by atoms with van der Waals surface area (Å²) in [5.41, 5.74) is 0.476. The first-order valence-corrected chi connectivity index (χ1v) is 8.41. The summed E-state index contributed by atoms with van der Waals surface area (Å²) in [6.07, 6.45) is 0.740. The Morgan fingerprint density at radius 1 is 0.913 bits per heavy atom. The van der Waals surface area contributed by atoms with Crippen molar-refractivity contribution in [1.82, 2.24) is 9.80 Å². The number of hydrogen-bond acceptors (Lipinski definition) is 3. The molecule has 1 fully saturated rings. The Kier molecular flexibility index (Phi) is 4.71. The quantitative estimate of drug-likeness (QED) is 0.848. The molecule has 0 spiro atoms. The molecular formula is C17H17FN2O2S. The van der Waals surface area contributed by atoms with Crippen LogP contribution in [0.5, 0.6) is 0 Å². The van der Waals surface area contributed by atoms with Gasteiger partial charge in [0, 0.05) is 31.7 Å². The third kappa shape index (κ3) is 3.59. The number of benzene rings is 1. The van der Waals surface area contributed by atoms with Crippen molar-refractivity contribution in [2.24, 2.45) is 0 Å². The fourth-order valence-electron chi connectivity index (χ4n) is 2.65. The monoisotopic (exact) mass is 332 g/mol. The molecule has 0 saturated carbocycles. The van der Waals surface area contributed by atoms with Gasteiger partial charge in [-0.2, -0.15) is 0 Å². The smallest absolute Gasteiger partial charge is 0.263 e. The Morgan fingerprint density at radius 3 is 2.17 bits per heavy atom. The van der Waals surface area contributed by atoms with Crippen LogP contribution in [0.2, 0.25) is 0 Å². The maximum atomic E-state index is 13.0. The molecule has 4 nitrogen and oxygen atoms in total. The second-order valence-corrected chi connectivity index (χ2v) is 6.37. The van der Waals surface area contributed by atoms with Gasteiger partial charge in [0.2, 0.25) is 0 Å². The second-order valence-electron chi connectivity index (χ2n) is 5.42. The molecule has 0 radical (unpaired) electrons. The molecular weight excluding hydrogens is 315 g/mol. The number of hydrogen-bond donors (Lipinski definition) is 0. The first-order valence-electron chi connectivity index (χ1n) is 7.53. The Morgan fingerprint density at radius 2 is 1.57 bits per heavy atom. The van der Waals surface area contributed by atoms with Crippen LogP contribution in [0.1, 0.15) is 26.5 Å². The summed E-state index contributed by atoms with van der Waals surface area (Å²) in [6.45, 7) is 2.26. The fourth-order valence-corrected chi connectivity index (χ4v) is 3.35. The van der Waals surface area contributed by atoms with Crippen molar-refractivity contribution in [2.45, 2.75) is 6.42 Å². The third-order valence-electron chi connectivity index (χ3n) is 3.89. The second kappa shape index (κ2) is 6.91. The van der Waals surface area contributed by atoms with Crippen LogP contribution in [0.4, 0.5) is 4.39 Å². The summed E-state index contributed by atoms with van der Waals surface area (Å²) in [4.78, 5) is 29.1. The zero-order chi connectivity index (χ0) is 16.2. The van der Waals surface area contributed by atoms with Crippen LogP contribution >= 0.6 is 11.3 Å². The Bertz CT molecular complexity index is 685. The lowest BCUT2D eigenvalue weighted by Gasteiger charge is -2.22. The molecule has 1 aromatic carbocycles. The molecule has 0 atom stereocenters. The van der Waals surface area contributed by atoms with E-state index in [4.69, 9.17) is 0 Å². The Labute approximate surface area is 138 Å². The van der Waals surface area contributed by atoms with Gasteiger partial charge in [0.15, 0.2) is 0 Å². The van der Waals surface area contributed by atoms with Crippen molar-refractivity contribution in [1.29, 1.82) is 0 Å². The van der Waals surface area contributed by atoms with Gasteiger partial charge in [-0.05, 0) is 42.1 Å². The maximum absolute atomic E-state index is 13.0. The lowest BCUT2D eigenvalue weighted by molar-refractivity contribution is 0.0721. The van der Waals surface area contributed by atoms with Crippen molar-refractivity contribution >= 4 is 23.2 Å². The van der Waals surface area contributed by atoms with E-state index >= 15 is 0 Å². The van der Waals surface area contributed by atoms with Crippen molar-refractivity contribution in [3.8, 4) is 0 Å². The van der Waals surface area contributed by atoms with Crippen LogP contribution in [0.25, 0.3) is 0 Å². The van der Waals surface area contributed by atoms with Gasteiger partial charge in [0.05, 0.1) is 4.88 Å². The summed E-state index contributed by atoms with van der Waals surface area (Å²) in [5.74, 6) is -0.448. The van der Waals surface area contributed by atoms with E-state index in [1.54, 1.807) is 9.80 Å². The molecule has 1 saturated heterocycles. The summed E-state index contributed by atoms with van der Waals surface area (Å²) in [5, 5.41) is 1.88. The molecule has 1 aromatic heterocycles. The van der Waals surface area contributed by atoms with Crippen molar-refractivity contribution in [2.75, 3.05) is 26.2 Å². The highest BCUT2D eigenvalue weighted by atomic mass is 32.1. The zero-order valence-corrected chi connectivity index (χ0v) is 13.4. The van der Waals surface area contributed by atoms with Gasteiger partial charge in [-0.3, -0.25) is 9.59 Å². The van der Waals surface area contributed by atoms with Gasteiger partial charge in [-0.25, -0.2) is 4.39 Å². The van der Waals surface area contributed by atoms with Crippen LogP contribution in [0.3, 0.4) is 0 Å². The summed E-state index contributed by atoms with van der Waals surface area (Å²) in [6, 6.07) is 9.25. The van der Waals surface area contributed by atoms with Gasteiger partial charge in [-0.15, -0.1) is 11.3 Å². The highest BCUT2D eigenvalue weighted by Crippen LogP contribution is 2.15. The SMILES string of the molecule is O=C(c1ccc(F)cc1)N1CCCN(C(=O)c2cccs2)CC1. The van der Waals surface area contributed by atoms with Crippen LogP contribution in [-0.4, -0.2) is 47.8 Å². The minimum Gasteiger partial charge on any atom is -0.337 e. The highest BCUT2D eigenvalue weighted by molar-refractivity contribution is 7.12. The van der Waals surface area contributed by atoms with Crippen LogP contribution in [0, 0.1) is 5.82 Å². The topological polar surface area (TPSA) is 40.6 Å². The van der Waals surface area contributed by atoms with E-state index < -0.39 is 0 Å². The summed E-state index contributed by atoms with van der Waals surface area (Å²) < 4.78 is 13.0. The number of rotatable bonds is 2. The van der Waals surface area contributed by atoms with Gasteiger partial charge < -0.3 is 9.80 Å². The molecule has 0 N–H and O–H groups in total. The van der Waals surface area contributed by atoms with Crippen molar-refractivity contribution in [3.05, 3.63) is 58.0 Å². The van der Waals surface area contributed by atoms with E-state index in [2.05, 4.69) is 0 Å². The van der Waals surface area contributed by atoms with Crippen molar-refractivity contribution in [3.63, 3.8) is 0 Å². The molecule has 2 aromatic rings. The standard InChI is InChI=1S/C17H17FN2O2S/c18-14-6-4-13(5-7-14)16(21)19-8-2-9-20(11-10-19)17(22)15-3-1-12-23-15/h1,3-7,12H,2,8-11H2. The van der Waals surface area contributed by atoms with Crippen LogP contribution < -0.4 is 0 Å². The lowest BCUT2D eigenvalue weighted by atomic mass is 10.2. The van der Waals surface area contributed by atoms with E-state index in [1.807, 2.05) is 17.5 Å². The van der Waals surface area contributed by atoms with E-state index in [0.717, 1.165) is 11.3 Å². The Hall–Kier alpha value is -2.21. The minimum atomic E-state index is -0.356. The Balaban J connectivity index is 1.65. The van der Waals surface area contributed by atoms with E-state index in [-0.39, 0.29) is 17.6 Å². The molecule has 1 aliphatic rings. The van der Waals surface area contributed by atoms with Gasteiger partial charge in [-0.1, -0.05) is 6.07 Å². The van der Waals surface area contributed by atoms with Gasteiger partial charge in [0.25, 0.3) is 11.8 Å². The van der Waals surface area contributed by atoms with E-state index in [0.29, 0.717) is 31.7 Å². The molecule has 0 aliphatic carbocycles. The molecule has 0 bridgehead atoms. The first kappa shape index (κ1) is 15.7. The molecule has 2 amide bonds. The van der Waals surface area contributed by atoms with E-state index in [1.165, 1.54) is 35.6 Å². The molecule has 6 heteroatoms. The average Bonchev–Trinajstić information content (AvgIpc) is 2.99. The molecule has 1 aliphatic heterocycles. The molecule has 3 rings (SSSR count). The minimum absolute atomic E-state index is 0.0241. The third-order valence-corrected chi connectivity index (χ3v) is 4.75. The molecule has 2 heterocycles.